The molecular formula is C25H31N3O6. The number of amides is 2. The number of nitrogens with two attached hydrogens (primary N) is 1. The molecule has 3 aromatic rings. The first kappa shape index (κ1) is 25.2. The van der Waals surface area contributed by atoms with E-state index in [2.05, 4.69) is 5.32 Å². The third kappa shape index (κ3) is 6.79. The molecule has 1 atom stereocenters. The molecule has 9 nitrogen and oxygen atoms in total. The number of esters is 1. The number of hydrogen-bond donors (Lipinski definition) is 2. The molecule has 0 bridgehead atoms. The molecule has 3 N–H and O–H groups in total. The van der Waals surface area contributed by atoms with Crippen LogP contribution in [0.3, 0.4) is 0 Å². The van der Waals surface area contributed by atoms with Gasteiger partial charge >= 0.3 is 5.97 Å². The molecule has 2 amide bonds. The smallest absolute Gasteiger partial charge is 0.308 e. The molecule has 0 unspecified atom stereocenters. The third-order valence-corrected chi connectivity index (χ3v) is 5.39. The molecule has 0 radical (unpaired) electrons. The van der Waals surface area contributed by atoms with Gasteiger partial charge in [0.25, 0.3) is 0 Å². The summed E-state index contributed by atoms with van der Waals surface area (Å²) in [4.78, 5) is 36.6. The first-order valence-corrected chi connectivity index (χ1v) is 11.3. The van der Waals surface area contributed by atoms with E-state index >= 15 is 0 Å². The number of para-hydroxylation sites is 2. The summed E-state index contributed by atoms with van der Waals surface area (Å²) < 4.78 is 17.9. The summed E-state index contributed by atoms with van der Waals surface area (Å²) in [6.07, 6.45) is -0.501. The minimum Gasteiger partial charge on any atom is -0.444 e. The molecule has 182 valence electrons. The molecule has 1 aromatic heterocycles. The summed E-state index contributed by atoms with van der Waals surface area (Å²) in [6.45, 7) is 3.94. The minimum absolute atomic E-state index is 0.00849. The van der Waals surface area contributed by atoms with E-state index in [0.29, 0.717) is 26.4 Å². The van der Waals surface area contributed by atoms with Crippen LogP contribution in [0.5, 0.6) is 0 Å². The van der Waals surface area contributed by atoms with Crippen molar-refractivity contribution in [2.45, 2.75) is 26.5 Å². The van der Waals surface area contributed by atoms with Crippen LogP contribution >= 0.6 is 0 Å². The van der Waals surface area contributed by atoms with E-state index in [0.717, 1.165) is 21.8 Å². The maximum atomic E-state index is 12.6. The second kappa shape index (κ2) is 12.7. The van der Waals surface area contributed by atoms with Crippen molar-refractivity contribution in [3.63, 3.8) is 0 Å². The lowest BCUT2D eigenvalue weighted by Crippen LogP contribution is -2.36. The van der Waals surface area contributed by atoms with Gasteiger partial charge in [0.15, 0.2) is 6.73 Å². The van der Waals surface area contributed by atoms with E-state index in [4.69, 9.17) is 19.9 Å². The number of benzene rings is 2. The van der Waals surface area contributed by atoms with Crippen LogP contribution in [0.1, 0.15) is 19.8 Å². The van der Waals surface area contributed by atoms with Gasteiger partial charge in [-0.25, -0.2) is 0 Å². The van der Waals surface area contributed by atoms with E-state index < -0.39 is 23.7 Å². The van der Waals surface area contributed by atoms with Gasteiger partial charge in [-0.3, -0.25) is 14.4 Å². The number of fused-ring (bicyclic) bond motifs is 3. The number of nitrogens with zero attached hydrogens (tertiary/aromatic N) is 1. The van der Waals surface area contributed by atoms with Crippen LogP contribution in [-0.4, -0.2) is 55.3 Å². The standard InChI is InChI=1S/C25H31N3O6/c1-2-32-13-14-33-12-11-27-25(31)18(15-23(26)29)16-24(30)34-17-28-21-9-5-3-7-19(21)20-8-4-6-10-22(20)28/h3-10,18H,2,11-17H2,1H3,(H2,26,29)(H,27,31)/t18-/m1/s1. The van der Waals surface area contributed by atoms with Gasteiger partial charge in [0.05, 0.1) is 43.2 Å². The van der Waals surface area contributed by atoms with Crippen LogP contribution in [-0.2, 0) is 35.3 Å². The Morgan fingerprint density at radius 2 is 1.53 bits per heavy atom. The average Bonchev–Trinajstić information content (AvgIpc) is 3.15. The van der Waals surface area contributed by atoms with Crippen LogP contribution < -0.4 is 11.1 Å². The van der Waals surface area contributed by atoms with Gasteiger partial charge in [-0.15, -0.1) is 0 Å². The predicted molar refractivity (Wildman–Crippen MR) is 128 cm³/mol. The molecule has 0 saturated heterocycles. The number of carbonyl (C=O) groups is 3. The van der Waals surface area contributed by atoms with Crippen LogP contribution in [0.2, 0.25) is 0 Å². The van der Waals surface area contributed by atoms with Gasteiger partial charge in [0, 0.05) is 30.3 Å². The Hall–Kier alpha value is -3.43. The van der Waals surface area contributed by atoms with Gasteiger partial charge < -0.3 is 29.8 Å². The molecule has 3 rings (SSSR count). The zero-order valence-electron chi connectivity index (χ0n) is 19.3. The Bertz CT molecular complexity index is 1070. The Morgan fingerprint density at radius 1 is 0.912 bits per heavy atom. The van der Waals surface area contributed by atoms with Crippen molar-refractivity contribution in [2.24, 2.45) is 11.7 Å². The second-order valence-corrected chi connectivity index (χ2v) is 7.78. The molecule has 0 aliphatic rings. The SMILES string of the molecule is CCOCCOCCNC(=O)[C@H](CC(N)=O)CC(=O)OCn1c2ccccc2c2ccccc21. The van der Waals surface area contributed by atoms with Crippen molar-refractivity contribution in [3.8, 4) is 0 Å². The Balaban J connectivity index is 1.57. The van der Waals surface area contributed by atoms with Crippen LogP contribution in [0.15, 0.2) is 48.5 Å². The molecule has 0 aliphatic heterocycles. The van der Waals surface area contributed by atoms with Gasteiger partial charge in [-0.1, -0.05) is 36.4 Å². The summed E-state index contributed by atoms with van der Waals surface area (Å²) in [5, 5.41) is 4.79. The topological polar surface area (TPSA) is 122 Å². The monoisotopic (exact) mass is 469 g/mol. The predicted octanol–water partition coefficient (Wildman–Crippen LogP) is 2.35. The highest BCUT2D eigenvalue weighted by molar-refractivity contribution is 6.07. The molecule has 1 heterocycles. The van der Waals surface area contributed by atoms with Crippen LogP contribution in [0.4, 0.5) is 0 Å². The molecule has 0 fully saturated rings. The fraction of sp³-hybridized carbons (Fsp3) is 0.400. The van der Waals surface area contributed by atoms with Crippen LogP contribution in [0.25, 0.3) is 21.8 Å². The number of ether oxygens (including phenoxy) is 3. The van der Waals surface area contributed by atoms with Crippen molar-refractivity contribution in [3.05, 3.63) is 48.5 Å². The zero-order chi connectivity index (χ0) is 24.3. The van der Waals surface area contributed by atoms with Gasteiger partial charge in [0.2, 0.25) is 11.8 Å². The summed E-state index contributed by atoms with van der Waals surface area (Å²) in [7, 11) is 0. The van der Waals surface area contributed by atoms with Crippen molar-refractivity contribution in [1.29, 1.82) is 0 Å². The summed E-state index contributed by atoms with van der Waals surface area (Å²) in [5.41, 5.74) is 7.17. The molecule has 0 saturated carbocycles. The second-order valence-electron chi connectivity index (χ2n) is 7.78. The van der Waals surface area contributed by atoms with E-state index in [1.807, 2.05) is 60.0 Å². The maximum Gasteiger partial charge on any atom is 0.308 e. The van der Waals surface area contributed by atoms with E-state index in [-0.39, 0.29) is 26.1 Å². The Labute approximate surface area is 198 Å². The highest BCUT2D eigenvalue weighted by atomic mass is 16.5. The highest BCUT2D eigenvalue weighted by Gasteiger charge is 2.25. The Morgan fingerprint density at radius 3 is 2.15 bits per heavy atom. The highest BCUT2D eigenvalue weighted by Crippen LogP contribution is 2.28. The van der Waals surface area contributed by atoms with Crippen molar-refractivity contribution < 1.29 is 28.6 Å². The van der Waals surface area contributed by atoms with Gasteiger partial charge in [-0.05, 0) is 19.1 Å². The summed E-state index contributed by atoms with van der Waals surface area (Å²) in [5.74, 6) is -2.60. The first-order chi connectivity index (χ1) is 16.5. The molecule has 0 aliphatic carbocycles. The number of aromatic nitrogens is 1. The number of hydrogen-bond acceptors (Lipinski definition) is 6. The van der Waals surface area contributed by atoms with Crippen molar-refractivity contribution >= 4 is 39.6 Å². The first-order valence-electron chi connectivity index (χ1n) is 11.3. The maximum absolute atomic E-state index is 12.6. The molecule has 34 heavy (non-hydrogen) atoms. The fourth-order valence-electron chi connectivity index (χ4n) is 3.79. The molecule has 9 heteroatoms. The third-order valence-electron chi connectivity index (χ3n) is 5.39. The number of rotatable bonds is 14. The lowest BCUT2D eigenvalue weighted by molar-refractivity contribution is -0.150. The molecule has 2 aromatic carbocycles. The van der Waals surface area contributed by atoms with Crippen molar-refractivity contribution in [1.82, 2.24) is 9.88 Å². The van der Waals surface area contributed by atoms with Crippen LogP contribution in [0, 0.1) is 5.92 Å². The molecular weight excluding hydrogens is 438 g/mol. The average molecular weight is 470 g/mol. The van der Waals surface area contributed by atoms with Crippen molar-refractivity contribution in [2.75, 3.05) is 33.0 Å². The quantitative estimate of drug-likeness (QED) is 0.276. The minimum atomic E-state index is -0.911. The summed E-state index contributed by atoms with van der Waals surface area (Å²) in [6, 6.07) is 15.7. The lowest BCUT2D eigenvalue weighted by atomic mass is 10.00. The number of primary amides is 1. The largest absolute Gasteiger partial charge is 0.444 e. The van der Waals surface area contributed by atoms with E-state index in [9.17, 15) is 14.4 Å². The van der Waals surface area contributed by atoms with Gasteiger partial charge in [-0.2, -0.15) is 0 Å². The normalized spacial score (nSPS) is 12.0. The molecule has 0 spiro atoms. The van der Waals surface area contributed by atoms with E-state index in [1.54, 1.807) is 0 Å². The number of carbonyl (C=O) groups excluding carboxylic acids is 3. The number of nitrogens with one attached hydrogen (secondary N) is 1. The van der Waals surface area contributed by atoms with Gasteiger partial charge in [0.1, 0.15) is 0 Å². The van der Waals surface area contributed by atoms with E-state index in [1.165, 1.54) is 0 Å². The summed E-state index contributed by atoms with van der Waals surface area (Å²) >= 11 is 0. The lowest BCUT2D eigenvalue weighted by Gasteiger charge is -2.16. The zero-order valence-corrected chi connectivity index (χ0v) is 19.3. The Kier molecular flexibility index (Phi) is 9.42. The fourth-order valence-corrected chi connectivity index (χ4v) is 3.79.